The van der Waals surface area contributed by atoms with Gasteiger partial charge in [0.2, 0.25) is 5.91 Å². The summed E-state index contributed by atoms with van der Waals surface area (Å²) in [6, 6.07) is 0. The maximum atomic E-state index is 11.5. The van der Waals surface area contributed by atoms with Crippen molar-refractivity contribution >= 4 is 5.91 Å². The SMILES string of the molecule is CCNCCC(=O)NCC(C(C)C)C(C)C. The van der Waals surface area contributed by atoms with E-state index in [9.17, 15) is 4.79 Å². The fourth-order valence-electron chi connectivity index (χ4n) is 1.94. The summed E-state index contributed by atoms with van der Waals surface area (Å²) >= 11 is 0. The van der Waals surface area contributed by atoms with Gasteiger partial charge in [0.1, 0.15) is 0 Å². The monoisotopic (exact) mass is 228 g/mol. The lowest BCUT2D eigenvalue weighted by atomic mass is 9.85. The third kappa shape index (κ3) is 6.83. The molecule has 1 amide bonds. The fourth-order valence-corrected chi connectivity index (χ4v) is 1.94. The number of carbonyl (C=O) groups excluding carboxylic acids is 1. The molecule has 0 heterocycles. The standard InChI is InChI=1S/C13H28N2O/c1-6-14-8-7-13(16)15-9-12(10(2)3)11(4)5/h10-12,14H,6-9H2,1-5H3,(H,15,16). The molecule has 0 aromatic heterocycles. The van der Waals surface area contributed by atoms with E-state index in [-0.39, 0.29) is 5.91 Å². The minimum atomic E-state index is 0.159. The Morgan fingerprint density at radius 1 is 1.12 bits per heavy atom. The van der Waals surface area contributed by atoms with Gasteiger partial charge in [-0.15, -0.1) is 0 Å². The molecule has 96 valence electrons. The van der Waals surface area contributed by atoms with Crippen LogP contribution in [0.1, 0.15) is 41.0 Å². The Morgan fingerprint density at radius 2 is 1.69 bits per heavy atom. The van der Waals surface area contributed by atoms with Crippen molar-refractivity contribution in [3.63, 3.8) is 0 Å². The molecule has 0 saturated carbocycles. The highest BCUT2D eigenvalue weighted by molar-refractivity contribution is 5.76. The number of carbonyl (C=O) groups is 1. The molecule has 3 nitrogen and oxygen atoms in total. The van der Waals surface area contributed by atoms with E-state index in [4.69, 9.17) is 0 Å². The van der Waals surface area contributed by atoms with E-state index in [0.29, 0.717) is 24.2 Å². The van der Waals surface area contributed by atoms with Crippen molar-refractivity contribution in [2.45, 2.75) is 41.0 Å². The molecule has 0 atom stereocenters. The van der Waals surface area contributed by atoms with Crippen molar-refractivity contribution in [3.05, 3.63) is 0 Å². The van der Waals surface area contributed by atoms with E-state index in [1.807, 2.05) is 6.92 Å². The zero-order valence-corrected chi connectivity index (χ0v) is 11.5. The molecule has 0 fully saturated rings. The van der Waals surface area contributed by atoms with Crippen molar-refractivity contribution in [2.24, 2.45) is 17.8 Å². The first-order valence-corrected chi connectivity index (χ1v) is 6.46. The normalized spacial score (nSPS) is 11.5. The quantitative estimate of drug-likeness (QED) is 0.624. The van der Waals surface area contributed by atoms with Crippen LogP contribution in [-0.4, -0.2) is 25.5 Å². The van der Waals surface area contributed by atoms with E-state index in [2.05, 4.69) is 38.3 Å². The van der Waals surface area contributed by atoms with E-state index in [1.54, 1.807) is 0 Å². The average molecular weight is 228 g/mol. The number of nitrogens with one attached hydrogen (secondary N) is 2. The minimum absolute atomic E-state index is 0.159. The highest BCUT2D eigenvalue weighted by Crippen LogP contribution is 2.19. The summed E-state index contributed by atoms with van der Waals surface area (Å²) in [5.41, 5.74) is 0. The second kappa shape index (κ2) is 8.57. The van der Waals surface area contributed by atoms with E-state index >= 15 is 0 Å². The van der Waals surface area contributed by atoms with Gasteiger partial charge in [-0.1, -0.05) is 34.6 Å². The molecule has 0 unspecified atom stereocenters. The van der Waals surface area contributed by atoms with Crippen molar-refractivity contribution in [1.82, 2.24) is 10.6 Å². The Morgan fingerprint density at radius 3 is 2.12 bits per heavy atom. The minimum Gasteiger partial charge on any atom is -0.356 e. The summed E-state index contributed by atoms with van der Waals surface area (Å²) in [5, 5.41) is 6.18. The molecule has 0 aromatic carbocycles. The van der Waals surface area contributed by atoms with Crippen molar-refractivity contribution in [2.75, 3.05) is 19.6 Å². The summed E-state index contributed by atoms with van der Waals surface area (Å²) < 4.78 is 0. The zero-order valence-electron chi connectivity index (χ0n) is 11.5. The van der Waals surface area contributed by atoms with Gasteiger partial charge in [0.15, 0.2) is 0 Å². The van der Waals surface area contributed by atoms with Crippen molar-refractivity contribution in [3.8, 4) is 0 Å². The second-order valence-electron chi connectivity index (χ2n) is 5.06. The predicted octanol–water partition coefficient (Wildman–Crippen LogP) is 2.03. The van der Waals surface area contributed by atoms with Gasteiger partial charge in [0.05, 0.1) is 0 Å². The summed E-state index contributed by atoms with van der Waals surface area (Å²) in [5.74, 6) is 1.97. The van der Waals surface area contributed by atoms with Crippen LogP contribution in [0.25, 0.3) is 0 Å². The molecule has 2 N–H and O–H groups in total. The average Bonchev–Trinajstić information content (AvgIpc) is 2.17. The van der Waals surface area contributed by atoms with Crippen LogP contribution in [0.5, 0.6) is 0 Å². The number of amides is 1. The van der Waals surface area contributed by atoms with Gasteiger partial charge in [0.25, 0.3) is 0 Å². The van der Waals surface area contributed by atoms with Gasteiger partial charge in [0, 0.05) is 19.5 Å². The van der Waals surface area contributed by atoms with Crippen molar-refractivity contribution < 1.29 is 4.79 Å². The van der Waals surface area contributed by atoms with Crippen LogP contribution in [0, 0.1) is 17.8 Å². The zero-order chi connectivity index (χ0) is 12.6. The Hall–Kier alpha value is -0.570. The van der Waals surface area contributed by atoms with Crippen LogP contribution in [0.3, 0.4) is 0 Å². The number of hydrogen-bond acceptors (Lipinski definition) is 2. The smallest absolute Gasteiger partial charge is 0.221 e. The first-order chi connectivity index (χ1) is 7.49. The van der Waals surface area contributed by atoms with E-state index in [0.717, 1.165) is 19.6 Å². The molecule has 16 heavy (non-hydrogen) atoms. The Kier molecular flexibility index (Phi) is 8.26. The molecule has 0 saturated heterocycles. The van der Waals surface area contributed by atoms with Gasteiger partial charge in [-0.2, -0.15) is 0 Å². The molecule has 0 aliphatic carbocycles. The van der Waals surface area contributed by atoms with Gasteiger partial charge in [-0.05, 0) is 24.3 Å². The van der Waals surface area contributed by atoms with Crippen LogP contribution < -0.4 is 10.6 Å². The molecule has 0 spiro atoms. The largest absolute Gasteiger partial charge is 0.356 e. The predicted molar refractivity (Wildman–Crippen MR) is 69.3 cm³/mol. The molecule has 3 heteroatoms. The molecule has 0 bridgehead atoms. The van der Waals surface area contributed by atoms with Gasteiger partial charge in [-0.3, -0.25) is 4.79 Å². The van der Waals surface area contributed by atoms with Gasteiger partial charge < -0.3 is 10.6 Å². The molecule has 0 aliphatic rings. The highest BCUT2D eigenvalue weighted by Gasteiger charge is 2.17. The molecule has 0 rings (SSSR count). The Balaban J connectivity index is 3.79. The molecule has 0 radical (unpaired) electrons. The molecule has 0 aliphatic heterocycles. The van der Waals surface area contributed by atoms with E-state index in [1.165, 1.54) is 0 Å². The first kappa shape index (κ1) is 15.4. The Bertz CT molecular complexity index is 182. The summed E-state index contributed by atoms with van der Waals surface area (Å²) in [6.45, 7) is 13.4. The maximum absolute atomic E-state index is 11.5. The second-order valence-corrected chi connectivity index (χ2v) is 5.06. The lowest BCUT2D eigenvalue weighted by Gasteiger charge is -2.25. The summed E-state index contributed by atoms with van der Waals surface area (Å²) in [6.07, 6.45) is 0.580. The lowest BCUT2D eigenvalue weighted by molar-refractivity contribution is -0.121. The summed E-state index contributed by atoms with van der Waals surface area (Å²) in [7, 11) is 0. The summed E-state index contributed by atoms with van der Waals surface area (Å²) in [4.78, 5) is 11.5. The molecule has 0 aromatic rings. The first-order valence-electron chi connectivity index (χ1n) is 6.46. The fraction of sp³-hybridized carbons (Fsp3) is 0.923. The van der Waals surface area contributed by atoms with Gasteiger partial charge >= 0.3 is 0 Å². The molecular weight excluding hydrogens is 200 g/mol. The lowest BCUT2D eigenvalue weighted by Crippen LogP contribution is -2.35. The topological polar surface area (TPSA) is 41.1 Å². The van der Waals surface area contributed by atoms with Crippen LogP contribution in [-0.2, 0) is 4.79 Å². The highest BCUT2D eigenvalue weighted by atomic mass is 16.1. The van der Waals surface area contributed by atoms with Gasteiger partial charge in [-0.25, -0.2) is 0 Å². The maximum Gasteiger partial charge on any atom is 0.221 e. The van der Waals surface area contributed by atoms with Crippen LogP contribution >= 0.6 is 0 Å². The van der Waals surface area contributed by atoms with Crippen LogP contribution in [0.2, 0.25) is 0 Å². The molecular formula is C13H28N2O. The van der Waals surface area contributed by atoms with E-state index < -0.39 is 0 Å². The van der Waals surface area contributed by atoms with Crippen molar-refractivity contribution in [1.29, 1.82) is 0 Å². The third-order valence-corrected chi connectivity index (χ3v) is 3.03. The van der Waals surface area contributed by atoms with Crippen LogP contribution in [0.15, 0.2) is 0 Å². The third-order valence-electron chi connectivity index (χ3n) is 3.03. The van der Waals surface area contributed by atoms with Crippen LogP contribution in [0.4, 0.5) is 0 Å². The number of rotatable bonds is 8. The number of hydrogen-bond donors (Lipinski definition) is 2. The Labute approximate surface area is 100 Å².